The summed E-state index contributed by atoms with van der Waals surface area (Å²) in [6, 6.07) is 11.5. The molecule has 0 aliphatic heterocycles. The maximum atomic E-state index is 12.3. The highest BCUT2D eigenvalue weighted by Crippen LogP contribution is 2.25. The second-order valence-electron chi connectivity index (χ2n) is 7.83. The topological polar surface area (TPSA) is 93.7 Å². The Balaban J connectivity index is 0.000000344. The highest BCUT2D eigenvalue weighted by atomic mass is 19.4. The molecule has 0 amide bonds. The van der Waals surface area contributed by atoms with E-state index in [0.717, 1.165) is 5.56 Å². The molecule has 0 fully saturated rings. The number of likely N-dealkylation sites (N-methyl/N-ethyl adjacent to an activating group) is 1. The fraction of sp³-hybridized carbons (Fsp3) is 0.320. The number of benzene rings is 2. The largest absolute Gasteiger partial charge is 0.573 e. The lowest BCUT2D eigenvalue weighted by atomic mass is 10.2. The van der Waals surface area contributed by atoms with E-state index in [0.29, 0.717) is 37.7 Å². The van der Waals surface area contributed by atoms with E-state index in [4.69, 9.17) is 4.74 Å². The molecule has 0 radical (unpaired) electrons. The van der Waals surface area contributed by atoms with E-state index in [1.165, 1.54) is 36.4 Å². The third-order valence-corrected chi connectivity index (χ3v) is 4.58. The van der Waals surface area contributed by atoms with E-state index in [-0.39, 0.29) is 17.4 Å². The van der Waals surface area contributed by atoms with Crippen molar-refractivity contribution in [2.75, 3.05) is 49.9 Å². The van der Waals surface area contributed by atoms with Gasteiger partial charge >= 0.3 is 12.5 Å². The number of nitrogens with one attached hydrogen (secondary N) is 2. The number of anilines is 4. The molecular weight excluding hydrogens is 527 g/mol. The zero-order chi connectivity index (χ0) is 29.1. The van der Waals surface area contributed by atoms with Crippen LogP contribution in [0.1, 0.15) is 12.5 Å². The van der Waals surface area contributed by atoms with E-state index in [2.05, 4.69) is 41.6 Å². The molecule has 0 atom stereocenters. The Kier molecular flexibility index (Phi) is 11.2. The fourth-order valence-corrected chi connectivity index (χ4v) is 2.78. The van der Waals surface area contributed by atoms with Crippen molar-refractivity contribution < 1.29 is 36.2 Å². The van der Waals surface area contributed by atoms with E-state index >= 15 is 0 Å². The first-order chi connectivity index (χ1) is 18.3. The number of hydrogen-bond acceptors (Lipinski definition) is 9. The Morgan fingerprint density at radius 1 is 0.897 bits per heavy atom. The number of alkyl halides is 5. The number of aromatic nitrogens is 3. The van der Waals surface area contributed by atoms with Crippen molar-refractivity contribution in [2.45, 2.75) is 19.4 Å². The summed E-state index contributed by atoms with van der Waals surface area (Å²) in [5, 5.41) is 5.76. The molecule has 2 N–H and O–H groups in total. The summed E-state index contributed by atoms with van der Waals surface area (Å²) >= 11 is 0. The van der Waals surface area contributed by atoms with Crippen LogP contribution >= 0.6 is 0 Å². The van der Waals surface area contributed by atoms with Crippen molar-refractivity contribution in [3.63, 3.8) is 0 Å². The van der Waals surface area contributed by atoms with E-state index < -0.39 is 12.5 Å². The van der Waals surface area contributed by atoms with Crippen molar-refractivity contribution in [3.8, 4) is 11.5 Å². The number of ether oxygens (including phenoxy) is 3. The quantitative estimate of drug-likeness (QED) is 0.278. The van der Waals surface area contributed by atoms with Crippen LogP contribution < -0.4 is 25.0 Å². The fourth-order valence-electron chi connectivity index (χ4n) is 2.78. The summed E-state index contributed by atoms with van der Waals surface area (Å²) in [4.78, 5) is 14.5. The molecule has 1 aromatic heterocycles. The Bertz CT molecular complexity index is 1170. The number of hydrogen-bond donors (Lipinski definition) is 2. The molecule has 0 saturated heterocycles. The molecule has 0 unspecified atom stereocenters. The standard InChI is InChI=1S/C15H19F3N6O2.C10H10F2O/c1-19-12-21-13(23-14(22-12)24(2)8-9-25-3)20-10-4-6-11(7-5-10)26-15(16,17)18;1-3-8-4-6-9(7-5-8)13-10(2,11)12/h4-7H,8-9H2,1-3H3,(H2,19,20,21,22,23);3-7H,1H2,2H3. The number of methoxy groups -OCH3 is 1. The molecule has 0 aliphatic carbocycles. The SMILES string of the molecule is C=Cc1ccc(OC(C)(F)F)cc1.CNc1nc(Nc2ccc(OC(F)(F)F)cc2)nc(N(C)CCOC)n1. The predicted octanol–water partition coefficient (Wildman–Crippen LogP) is 5.96. The van der Waals surface area contributed by atoms with Gasteiger partial charge in [0.15, 0.2) is 0 Å². The van der Waals surface area contributed by atoms with Crippen LogP contribution in [0, 0.1) is 0 Å². The van der Waals surface area contributed by atoms with Crippen LogP contribution in [-0.4, -0.2) is 61.8 Å². The van der Waals surface area contributed by atoms with Gasteiger partial charge in [0.2, 0.25) is 17.8 Å². The molecule has 2 aromatic carbocycles. The highest BCUT2D eigenvalue weighted by Gasteiger charge is 2.31. The van der Waals surface area contributed by atoms with Gasteiger partial charge in [-0.1, -0.05) is 24.8 Å². The second-order valence-corrected chi connectivity index (χ2v) is 7.83. The maximum Gasteiger partial charge on any atom is 0.573 e. The Labute approximate surface area is 222 Å². The number of rotatable bonds is 11. The average molecular weight is 557 g/mol. The van der Waals surface area contributed by atoms with Gasteiger partial charge in [-0.05, 0) is 42.0 Å². The van der Waals surface area contributed by atoms with Crippen molar-refractivity contribution >= 4 is 29.6 Å². The summed E-state index contributed by atoms with van der Waals surface area (Å²) in [5.41, 5.74) is 1.37. The molecule has 3 aromatic rings. The maximum absolute atomic E-state index is 12.3. The number of halogens is 5. The molecule has 1 heterocycles. The zero-order valence-corrected chi connectivity index (χ0v) is 21.7. The minimum Gasteiger partial charge on any atom is -0.433 e. The van der Waals surface area contributed by atoms with Gasteiger partial charge in [0.05, 0.1) is 6.61 Å². The van der Waals surface area contributed by atoms with Crippen molar-refractivity contribution in [2.24, 2.45) is 0 Å². The average Bonchev–Trinajstić information content (AvgIpc) is 2.87. The second kappa shape index (κ2) is 14.1. The number of nitrogens with zero attached hydrogens (tertiary/aromatic N) is 4. The van der Waals surface area contributed by atoms with E-state index in [9.17, 15) is 22.0 Å². The summed E-state index contributed by atoms with van der Waals surface area (Å²) < 4.78 is 74.5. The van der Waals surface area contributed by atoms with Gasteiger partial charge in [-0.15, -0.1) is 13.2 Å². The van der Waals surface area contributed by atoms with E-state index in [1.54, 1.807) is 44.3 Å². The van der Waals surface area contributed by atoms with Gasteiger partial charge < -0.3 is 29.7 Å². The molecule has 0 spiro atoms. The smallest absolute Gasteiger partial charge is 0.433 e. The van der Waals surface area contributed by atoms with E-state index in [1.807, 2.05) is 0 Å². The summed E-state index contributed by atoms with van der Waals surface area (Å²) in [5.74, 6) is 0.848. The van der Waals surface area contributed by atoms with Gasteiger partial charge in [-0.3, -0.25) is 0 Å². The summed E-state index contributed by atoms with van der Waals surface area (Å²) in [6.07, 6.45) is -6.23. The lowest BCUT2D eigenvalue weighted by molar-refractivity contribution is -0.274. The molecule has 0 aliphatic rings. The predicted molar refractivity (Wildman–Crippen MR) is 139 cm³/mol. The van der Waals surface area contributed by atoms with Gasteiger partial charge in [-0.2, -0.15) is 23.7 Å². The van der Waals surface area contributed by atoms with Gasteiger partial charge in [0.25, 0.3) is 0 Å². The van der Waals surface area contributed by atoms with Crippen LogP contribution in [0.3, 0.4) is 0 Å². The summed E-state index contributed by atoms with van der Waals surface area (Å²) in [7, 11) is 5.07. The zero-order valence-electron chi connectivity index (χ0n) is 21.7. The molecule has 212 valence electrons. The molecule has 14 heteroatoms. The van der Waals surface area contributed by atoms with Crippen LogP contribution in [0.5, 0.6) is 11.5 Å². The third-order valence-electron chi connectivity index (χ3n) is 4.58. The molecule has 0 saturated carbocycles. The van der Waals surface area contributed by atoms with Crippen LogP contribution in [0.25, 0.3) is 6.08 Å². The Morgan fingerprint density at radius 3 is 1.97 bits per heavy atom. The first kappa shape index (κ1) is 31.0. The van der Waals surface area contributed by atoms with Crippen molar-refractivity contribution in [1.82, 2.24) is 15.0 Å². The van der Waals surface area contributed by atoms with Gasteiger partial charge in [0.1, 0.15) is 11.5 Å². The van der Waals surface area contributed by atoms with Crippen LogP contribution in [0.2, 0.25) is 0 Å². The third kappa shape index (κ3) is 11.8. The first-order valence-corrected chi connectivity index (χ1v) is 11.4. The van der Waals surface area contributed by atoms with Gasteiger partial charge in [0, 0.05) is 40.4 Å². The molecule has 0 bridgehead atoms. The molecule has 3 rings (SSSR count). The monoisotopic (exact) mass is 556 g/mol. The Hall–Kier alpha value is -4.20. The van der Waals surface area contributed by atoms with Crippen LogP contribution in [0.15, 0.2) is 55.1 Å². The molecular formula is C25H29F5N6O3. The lowest BCUT2D eigenvalue weighted by Crippen LogP contribution is -2.25. The summed E-state index contributed by atoms with van der Waals surface area (Å²) in [6.45, 7) is 5.33. The normalized spacial score (nSPS) is 11.1. The Morgan fingerprint density at radius 2 is 1.46 bits per heavy atom. The minimum atomic E-state index is -4.73. The molecule has 9 nitrogen and oxygen atoms in total. The lowest BCUT2D eigenvalue weighted by Gasteiger charge is -2.18. The van der Waals surface area contributed by atoms with Crippen LogP contribution in [-0.2, 0) is 4.74 Å². The minimum absolute atomic E-state index is 0.151. The first-order valence-electron chi connectivity index (χ1n) is 11.4. The van der Waals surface area contributed by atoms with Crippen molar-refractivity contribution in [1.29, 1.82) is 0 Å². The van der Waals surface area contributed by atoms with Crippen LogP contribution in [0.4, 0.5) is 45.5 Å². The van der Waals surface area contributed by atoms with Gasteiger partial charge in [-0.25, -0.2) is 0 Å². The van der Waals surface area contributed by atoms with Crippen molar-refractivity contribution in [3.05, 3.63) is 60.7 Å². The highest BCUT2D eigenvalue weighted by molar-refractivity contribution is 5.57. The molecule has 39 heavy (non-hydrogen) atoms.